The summed E-state index contributed by atoms with van der Waals surface area (Å²) in [6, 6.07) is 14.4. The summed E-state index contributed by atoms with van der Waals surface area (Å²) < 4.78 is 0. The number of hydrogen-bond donors (Lipinski definition) is 1. The quantitative estimate of drug-likeness (QED) is 0.360. The van der Waals surface area contributed by atoms with Crippen LogP contribution in [0.5, 0.6) is 0 Å². The first kappa shape index (κ1) is 11.1. The molecule has 1 saturated heterocycles. The predicted octanol–water partition coefficient (Wildman–Crippen LogP) is 3.07. The van der Waals surface area contributed by atoms with E-state index in [1.54, 1.807) is 0 Å². The van der Waals surface area contributed by atoms with Crippen LogP contribution in [0.3, 0.4) is 0 Å². The van der Waals surface area contributed by atoms with Crippen molar-refractivity contribution in [3.05, 3.63) is 48.0 Å². The van der Waals surface area contributed by atoms with Gasteiger partial charge in [0.15, 0.2) is 5.84 Å². The van der Waals surface area contributed by atoms with Crippen LogP contribution < -0.4 is 0 Å². The minimum atomic E-state index is 0.693. The summed E-state index contributed by atoms with van der Waals surface area (Å²) >= 11 is 0. The molecule has 0 atom stereocenters. The van der Waals surface area contributed by atoms with E-state index in [2.05, 4.69) is 34.3 Å². The molecule has 3 rings (SSSR count). The third-order valence-corrected chi connectivity index (χ3v) is 3.51. The highest BCUT2D eigenvalue weighted by Crippen LogP contribution is 2.19. The Labute approximate surface area is 106 Å². The summed E-state index contributed by atoms with van der Waals surface area (Å²) in [6.45, 7) is 1.96. The monoisotopic (exact) mass is 240 g/mol. The van der Waals surface area contributed by atoms with Crippen molar-refractivity contribution in [2.75, 3.05) is 13.1 Å². The van der Waals surface area contributed by atoms with Crippen molar-refractivity contribution in [1.29, 1.82) is 0 Å². The van der Waals surface area contributed by atoms with Gasteiger partial charge in [-0.1, -0.05) is 41.6 Å². The molecule has 0 aliphatic carbocycles. The molecule has 0 amide bonds. The van der Waals surface area contributed by atoms with E-state index in [0.29, 0.717) is 5.84 Å². The van der Waals surface area contributed by atoms with Crippen LogP contribution in [-0.2, 0) is 0 Å². The maximum absolute atomic E-state index is 9.26. The molecular weight excluding hydrogens is 224 g/mol. The lowest BCUT2D eigenvalue weighted by atomic mass is 10.1. The van der Waals surface area contributed by atoms with Crippen LogP contribution in [0.1, 0.15) is 18.4 Å². The summed E-state index contributed by atoms with van der Waals surface area (Å²) in [6.07, 6.45) is 2.35. The lowest BCUT2D eigenvalue weighted by Gasteiger charge is -2.18. The fraction of sp³-hybridized carbons (Fsp3) is 0.267. The Morgan fingerprint density at radius 1 is 1.00 bits per heavy atom. The molecular formula is C15H16N2O. The largest absolute Gasteiger partial charge is 0.409 e. The molecule has 1 N–H and O–H groups in total. The van der Waals surface area contributed by atoms with E-state index in [9.17, 15) is 5.21 Å². The normalized spacial score (nSPS) is 16.4. The molecule has 0 aromatic heterocycles. The molecule has 0 bridgehead atoms. The minimum Gasteiger partial charge on any atom is -0.409 e. The summed E-state index contributed by atoms with van der Waals surface area (Å²) in [5.74, 6) is 0.693. The van der Waals surface area contributed by atoms with Crippen molar-refractivity contribution in [1.82, 2.24) is 4.90 Å². The minimum absolute atomic E-state index is 0.693. The standard InChI is InChI=1S/C15H16N2O/c18-16-15(17-9-3-4-10-17)14-8-7-12-5-1-2-6-13(12)11-14/h1-2,5-8,11,18H,3-4,9-10H2/b16-15-. The van der Waals surface area contributed by atoms with Crippen LogP contribution in [0.15, 0.2) is 47.6 Å². The van der Waals surface area contributed by atoms with Crippen LogP contribution in [0, 0.1) is 0 Å². The SMILES string of the molecule is O/N=C(/c1ccc2ccccc2c1)N1CCCC1. The van der Waals surface area contributed by atoms with Gasteiger partial charge in [-0.05, 0) is 29.7 Å². The molecule has 1 heterocycles. The highest BCUT2D eigenvalue weighted by atomic mass is 16.4. The van der Waals surface area contributed by atoms with Gasteiger partial charge in [0.25, 0.3) is 0 Å². The number of oxime groups is 1. The Balaban J connectivity index is 2.02. The predicted molar refractivity (Wildman–Crippen MR) is 73.1 cm³/mol. The maximum Gasteiger partial charge on any atom is 0.175 e. The van der Waals surface area contributed by atoms with Gasteiger partial charge in [0.2, 0.25) is 0 Å². The molecule has 18 heavy (non-hydrogen) atoms. The summed E-state index contributed by atoms with van der Waals surface area (Å²) in [7, 11) is 0. The number of benzene rings is 2. The first-order valence-corrected chi connectivity index (χ1v) is 6.35. The van der Waals surface area contributed by atoms with Crippen LogP contribution >= 0.6 is 0 Å². The van der Waals surface area contributed by atoms with Gasteiger partial charge in [0.1, 0.15) is 0 Å². The van der Waals surface area contributed by atoms with Gasteiger partial charge in [-0.25, -0.2) is 0 Å². The number of nitrogens with zero attached hydrogens (tertiary/aromatic N) is 2. The average Bonchev–Trinajstić information content (AvgIpc) is 2.93. The van der Waals surface area contributed by atoms with Crippen molar-refractivity contribution >= 4 is 16.6 Å². The third-order valence-electron chi connectivity index (χ3n) is 3.51. The van der Waals surface area contributed by atoms with Gasteiger partial charge in [-0.2, -0.15) is 0 Å². The molecule has 92 valence electrons. The van der Waals surface area contributed by atoms with Crippen molar-refractivity contribution in [2.24, 2.45) is 5.16 Å². The Bertz CT molecular complexity index is 586. The van der Waals surface area contributed by atoms with E-state index < -0.39 is 0 Å². The second-order valence-electron chi connectivity index (χ2n) is 4.68. The highest BCUT2D eigenvalue weighted by Gasteiger charge is 2.18. The summed E-state index contributed by atoms with van der Waals surface area (Å²) in [5.41, 5.74) is 0.984. The average molecular weight is 240 g/mol. The second-order valence-corrected chi connectivity index (χ2v) is 4.68. The third kappa shape index (κ3) is 1.92. The summed E-state index contributed by atoms with van der Waals surface area (Å²) in [5, 5.41) is 15.1. The molecule has 1 aliphatic heterocycles. The number of amidine groups is 1. The van der Waals surface area contributed by atoms with E-state index in [1.807, 2.05) is 18.2 Å². The van der Waals surface area contributed by atoms with Gasteiger partial charge in [0.05, 0.1) is 0 Å². The number of fused-ring (bicyclic) bond motifs is 1. The number of likely N-dealkylation sites (tertiary alicyclic amines) is 1. The van der Waals surface area contributed by atoms with Crippen molar-refractivity contribution in [3.8, 4) is 0 Å². The lowest BCUT2D eigenvalue weighted by molar-refractivity contribution is 0.307. The molecule has 3 heteroatoms. The summed E-state index contributed by atoms with van der Waals surface area (Å²) in [4.78, 5) is 2.14. The van der Waals surface area contributed by atoms with Crippen LogP contribution in [0.2, 0.25) is 0 Å². The van der Waals surface area contributed by atoms with E-state index in [1.165, 1.54) is 23.6 Å². The zero-order valence-corrected chi connectivity index (χ0v) is 10.2. The smallest absolute Gasteiger partial charge is 0.175 e. The second kappa shape index (κ2) is 4.69. The van der Waals surface area contributed by atoms with Crippen LogP contribution in [-0.4, -0.2) is 29.0 Å². The van der Waals surface area contributed by atoms with Gasteiger partial charge < -0.3 is 10.1 Å². The van der Waals surface area contributed by atoms with E-state index in [4.69, 9.17) is 0 Å². The molecule has 1 fully saturated rings. The Morgan fingerprint density at radius 2 is 1.72 bits per heavy atom. The van der Waals surface area contributed by atoms with Crippen LogP contribution in [0.25, 0.3) is 10.8 Å². The first-order chi connectivity index (χ1) is 8.88. The van der Waals surface area contributed by atoms with E-state index >= 15 is 0 Å². The molecule has 0 radical (unpaired) electrons. The fourth-order valence-electron chi connectivity index (χ4n) is 2.56. The van der Waals surface area contributed by atoms with Crippen molar-refractivity contribution < 1.29 is 5.21 Å². The first-order valence-electron chi connectivity index (χ1n) is 6.35. The van der Waals surface area contributed by atoms with Crippen molar-refractivity contribution in [3.63, 3.8) is 0 Å². The Hall–Kier alpha value is -2.03. The maximum atomic E-state index is 9.26. The van der Waals surface area contributed by atoms with Gasteiger partial charge >= 0.3 is 0 Å². The molecule has 0 spiro atoms. The van der Waals surface area contributed by atoms with Gasteiger partial charge in [-0.3, -0.25) is 0 Å². The van der Waals surface area contributed by atoms with Gasteiger partial charge in [0, 0.05) is 18.7 Å². The molecule has 0 saturated carbocycles. The Kier molecular flexibility index (Phi) is 2.89. The fourth-order valence-corrected chi connectivity index (χ4v) is 2.56. The highest BCUT2D eigenvalue weighted by molar-refractivity contribution is 6.01. The number of rotatable bonds is 1. The van der Waals surface area contributed by atoms with Crippen molar-refractivity contribution in [2.45, 2.75) is 12.8 Å². The zero-order chi connectivity index (χ0) is 12.4. The van der Waals surface area contributed by atoms with Crippen LogP contribution in [0.4, 0.5) is 0 Å². The lowest BCUT2D eigenvalue weighted by Crippen LogP contribution is -2.28. The molecule has 1 aliphatic rings. The molecule has 2 aromatic carbocycles. The van der Waals surface area contributed by atoms with Gasteiger partial charge in [-0.15, -0.1) is 0 Å². The molecule has 3 nitrogen and oxygen atoms in total. The molecule has 0 unspecified atom stereocenters. The van der Waals surface area contributed by atoms with E-state index in [-0.39, 0.29) is 0 Å². The topological polar surface area (TPSA) is 35.8 Å². The molecule has 2 aromatic rings. The van der Waals surface area contributed by atoms with E-state index in [0.717, 1.165) is 18.7 Å². The Morgan fingerprint density at radius 3 is 2.44 bits per heavy atom. The number of hydrogen-bond acceptors (Lipinski definition) is 2. The zero-order valence-electron chi connectivity index (χ0n) is 10.2.